The molecule has 86 valence electrons. The lowest BCUT2D eigenvalue weighted by atomic mass is 10.1. The third-order valence-electron chi connectivity index (χ3n) is 2.39. The molecule has 0 bridgehead atoms. The molecule has 0 saturated heterocycles. The number of nitrogens with zero attached hydrogens (tertiary/aromatic N) is 1. The Balaban J connectivity index is 2.48. The number of hydrogen-bond acceptors (Lipinski definition) is 4. The van der Waals surface area contributed by atoms with Crippen LogP contribution in [0.5, 0.6) is 0 Å². The monoisotopic (exact) mass is 239 g/mol. The fraction of sp³-hybridized carbons (Fsp3) is 0.300. The number of primary sulfonamides is 1. The van der Waals surface area contributed by atoms with Crippen LogP contribution in [0.1, 0.15) is 18.2 Å². The van der Waals surface area contributed by atoms with Crippen LogP contribution in [-0.4, -0.2) is 21.2 Å². The largest absolute Gasteiger partial charge is 0.292 e. The van der Waals surface area contributed by atoms with Crippen molar-refractivity contribution in [2.45, 2.75) is 17.5 Å². The number of hydrogen-bond donors (Lipinski definition) is 2. The second kappa shape index (κ2) is 4.32. The maximum atomic E-state index is 11.4. The zero-order valence-corrected chi connectivity index (χ0v) is 9.44. The Morgan fingerprint density at radius 2 is 2.12 bits per heavy atom. The Kier molecular flexibility index (Phi) is 3.04. The van der Waals surface area contributed by atoms with Gasteiger partial charge in [0.25, 0.3) is 0 Å². The minimum Gasteiger partial charge on any atom is -0.292 e. The quantitative estimate of drug-likeness (QED) is 0.783. The van der Waals surface area contributed by atoms with E-state index in [1.807, 2.05) is 0 Å². The highest BCUT2D eigenvalue weighted by Crippen LogP contribution is 2.23. The molecule has 1 aliphatic rings. The number of nitrogens with two attached hydrogens (primary N) is 1. The lowest BCUT2D eigenvalue weighted by Gasteiger charge is -2.20. The van der Waals surface area contributed by atoms with Crippen molar-refractivity contribution in [1.82, 2.24) is 5.32 Å². The minimum atomic E-state index is -3.70. The first kappa shape index (κ1) is 11.3. The van der Waals surface area contributed by atoms with E-state index in [4.69, 9.17) is 5.14 Å². The van der Waals surface area contributed by atoms with Crippen molar-refractivity contribution in [3.63, 3.8) is 0 Å². The lowest BCUT2D eigenvalue weighted by molar-refractivity contribution is 0.535. The summed E-state index contributed by atoms with van der Waals surface area (Å²) in [6.45, 7) is 0.785. The molecule has 1 heterocycles. The van der Waals surface area contributed by atoms with Crippen LogP contribution in [0.4, 0.5) is 0 Å². The van der Waals surface area contributed by atoms with Crippen LogP contribution in [0, 0.1) is 0 Å². The summed E-state index contributed by atoms with van der Waals surface area (Å²) in [4.78, 5) is 4.35. The van der Waals surface area contributed by atoms with E-state index in [0.29, 0.717) is 5.56 Å². The SMILES string of the molecule is NS(=O)(=O)c1ccccc1C1N=CCCN1. The van der Waals surface area contributed by atoms with Crippen molar-refractivity contribution in [2.24, 2.45) is 10.1 Å². The lowest BCUT2D eigenvalue weighted by Crippen LogP contribution is -2.27. The highest BCUT2D eigenvalue weighted by atomic mass is 32.2. The molecule has 0 aliphatic carbocycles. The maximum absolute atomic E-state index is 11.4. The molecule has 1 unspecified atom stereocenters. The highest BCUT2D eigenvalue weighted by Gasteiger charge is 2.20. The number of aliphatic imine (C=N–C) groups is 1. The summed E-state index contributed by atoms with van der Waals surface area (Å²) in [5.41, 5.74) is 0.598. The maximum Gasteiger partial charge on any atom is 0.238 e. The highest BCUT2D eigenvalue weighted by molar-refractivity contribution is 7.89. The number of sulfonamides is 1. The second-order valence-electron chi connectivity index (χ2n) is 3.56. The van der Waals surface area contributed by atoms with Crippen molar-refractivity contribution < 1.29 is 8.42 Å². The van der Waals surface area contributed by atoms with E-state index < -0.39 is 10.0 Å². The Hall–Kier alpha value is -1.24. The average molecular weight is 239 g/mol. The number of rotatable bonds is 2. The molecule has 3 N–H and O–H groups in total. The summed E-state index contributed by atoms with van der Waals surface area (Å²) in [7, 11) is -3.70. The van der Waals surface area contributed by atoms with Gasteiger partial charge in [-0.05, 0) is 12.5 Å². The van der Waals surface area contributed by atoms with Crippen LogP contribution in [0.3, 0.4) is 0 Å². The van der Waals surface area contributed by atoms with Crippen LogP contribution in [0.15, 0.2) is 34.2 Å². The van der Waals surface area contributed by atoms with Crippen LogP contribution in [0.2, 0.25) is 0 Å². The Morgan fingerprint density at radius 3 is 2.75 bits per heavy atom. The minimum absolute atomic E-state index is 0.131. The van der Waals surface area contributed by atoms with Gasteiger partial charge >= 0.3 is 0 Å². The van der Waals surface area contributed by atoms with Gasteiger partial charge in [0.2, 0.25) is 10.0 Å². The van der Waals surface area contributed by atoms with Crippen molar-refractivity contribution in [3.05, 3.63) is 29.8 Å². The van der Waals surface area contributed by atoms with Gasteiger partial charge < -0.3 is 0 Å². The third kappa shape index (κ3) is 2.29. The molecule has 5 nitrogen and oxygen atoms in total. The van der Waals surface area contributed by atoms with E-state index in [1.54, 1.807) is 24.4 Å². The van der Waals surface area contributed by atoms with Gasteiger partial charge in [0.15, 0.2) is 0 Å². The predicted molar refractivity (Wildman–Crippen MR) is 61.7 cm³/mol. The molecule has 0 fully saturated rings. The zero-order chi connectivity index (χ0) is 11.6. The van der Waals surface area contributed by atoms with E-state index in [-0.39, 0.29) is 11.1 Å². The summed E-state index contributed by atoms with van der Waals surface area (Å²) in [5.74, 6) is 0. The second-order valence-corrected chi connectivity index (χ2v) is 5.09. The van der Waals surface area contributed by atoms with Gasteiger partial charge in [-0.25, -0.2) is 13.6 Å². The van der Waals surface area contributed by atoms with Gasteiger partial charge in [-0.3, -0.25) is 10.3 Å². The first-order valence-corrected chi connectivity index (χ1v) is 6.50. The van der Waals surface area contributed by atoms with Gasteiger partial charge in [0.1, 0.15) is 6.17 Å². The first-order valence-electron chi connectivity index (χ1n) is 4.96. The van der Waals surface area contributed by atoms with Gasteiger partial charge in [-0.1, -0.05) is 18.2 Å². The fourth-order valence-corrected chi connectivity index (χ4v) is 2.45. The van der Waals surface area contributed by atoms with Crippen LogP contribution >= 0.6 is 0 Å². The summed E-state index contributed by atoms with van der Waals surface area (Å²) in [5, 5.41) is 8.29. The molecule has 0 aromatic heterocycles. The fourth-order valence-electron chi connectivity index (χ4n) is 1.67. The van der Waals surface area contributed by atoms with E-state index in [9.17, 15) is 8.42 Å². The molecule has 0 saturated carbocycles. The zero-order valence-electron chi connectivity index (χ0n) is 8.63. The number of nitrogens with one attached hydrogen (secondary N) is 1. The average Bonchev–Trinajstić information content (AvgIpc) is 2.29. The number of benzene rings is 1. The Labute approximate surface area is 94.4 Å². The molecule has 6 heteroatoms. The van der Waals surface area contributed by atoms with E-state index in [2.05, 4.69) is 10.3 Å². The van der Waals surface area contributed by atoms with E-state index in [1.165, 1.54) is 6.07 Å². The Bertz CT molecular complexity index is 511. The summed E-state index contributed by atoms with van der Waals surface area (Å²) < 4.78 is 22.8. The van der Waals surface area contributed by atoms with E-state index in [0.717, 1.165) is 13.0 Å². The Morgan fingerprint density at radius 1 is 1.38 bits per heavy atom. The molecule has 2 rings (SSSR count). The molecule has 16 heavy (non-hydrogen) atoms. The standard InChI is InChI=1S/C10H13N3O2S/c11-16(14,15)9-5-2-1-4-8(9)10-12-6-3-7-13-10/h1-2,4-6,10,13H,3,7H2,(H2,11,14,15). The normalized spacial score (nSPS) is 20.9. The van der Waals surface area contributed by atoms with Crippen LogP contribution < -0.4 is 10.5 Å². The molecule has 1 atom stereocenters. The van der Waals surface area contributed by atoms with Crippen LogP contribution in [0.25, 0.3) is 0 Å². The molecule has 1 aromatic rings. The van der Waals surface area contributed by atoms with Crippen molar-refractivity contribution in [3.8, 4) is 0 Å². The van der Waals surface area contributed by atoms with Crippen molar-refractivity contribution >= 4 is 16.2 Å². The molecule has 1 aromatic carbocycles. The topological polar surface area (TPSA) is 84.6 Å². The van der Waals surface area contributed by atoms with Gasteiger partial charge in [0.05, 0.1) is 4.90 Å². The van der Waals surface area contributed by atoms with Gasteiger partial charge in [0, 0.05) is 18.3 Å². The molecular weight excluding hydrogens is 226 g/mol. The third-order valence-corrected chi connectivity index (χ3v) is 3.37. The van der Waals surface area contributed by atoms with Crippen molar-refractivity contribution in [1.29, 1.82) is 0 Å². The smallest absolute Gasteiger partial charge is 0.238 e. The summed E-state index contributed by atoms with van der Waals surface area (Å²) >= 11 is 0. The molecule has 0 spiro atoms. The first-order chi connectivity index (χ1) is 7.59. The molecule has 1 aliphatic heterocycles. The summed E-state index contributed by atoms with van der Waals surface area (Å²) in [6, 6.07) is 6.64. The van der Waals surface area contributed by atoms with E-state index >= 15 is 0 Å². The predicted octanol–water partition coefficient (Wildman–Crippen LogP) is 0.397. The summed E-state index contributed by atoms with van der Waals surface area (Å²) in [6.07, 6.45) is 2.33. The van der Waals surface area contributed by atoms with Crippen molar-refractivity contribution in [2.75, 3.05) is 6.54 Å². The van der Waals surface area contributed by atoms with Gasteiger partial charge in [-0.2, -0.15) is 0 Å². The van der Waals surface area contributed by atoms with Crippen LogP contribution in [-0.2, 0) is 10.0 Å². The van der Waals surface area contributed by atoms with Gasteiger partial charge in [-0.15, -0.1) is 0 Å². The molecule has 0 amide bonds. The molecule has 0 radical (unpaired) electrons. The molecular formula is C10H13N3O2S.